The van der Waals surface area contributed by atoms with Gasteiger partial charge < -0.3 is 9.84 Å². The number of carbonyl (C=O) groups is 1. The fraction of sp³-hybridized carbons (Fsp3) is 0.980. The number of hydrogen-bond donors (Lipinski definition) is 1. The predicted molar refractivity (Wildman–Crippen MR) is 234 cm³/mol. The molecule has 0 atom stereocenters. The number of unbranched alkanes of at least 4 members (excludes halogenated alkanes) is 36. The van der Waals surface area contributed by atoms with E-state index in [0.29, 0.717) is 19.6 Å². The van der Waals surface area contributed by atoms with E-state index in [4.69, 9.17) is 9.84 Å². The number of hydrogen-bond acceptors (Lipinski definition) is 3. The van der Waals surface area contributed by atoms with Crippen LogP contribution in [0.15, 0.2) is 0 Å². The smallest absolute Gasteiger partial charge is 0.305 e. The third kappa shape index (κ3) is 53.8. The molecule has 0 bridgehead atoms. The molecule has 0 amide bonds. The molecule has 0 radical (unpaired) electrons. The van der Waals surface area contributed by atoms with Gasteiger partial charge in [0.15, 0.2) is 0 Å². The lowest BCUT2D eigenvalue weighted by Crippen LogP contribution is -2.05. The lowest BCUT2D eigenvalue weighted by Gasteiger charge is -2.06. The molecule has 0 aromatic heterocycles. The van der Waals surface area contributed by atoms with Gasteiger partial charge in [0.1, 0.15) is 0 Å². The summed E-state index contributed by atoms with van der Waals surface area (Å²) >= 11 is 0. The van der Waals surface area contributed by atoms with Gasteiger partial charge in [-0.05, 0) is 25.2 Å². The molecule has 0 aliphatic rings. The maximum absolute atomic E-state index is 11.8. The molecule has 1 N–H and O–H groups in total. The highest BCUT2D eigenvalue weighted by Crippen LogP contribution is 2.16. The van der Waals surface area contributed by atoms with E-state index in [1.54, 1.807) is 0 Å². The fourth-order valence-corrected chi connectivity index (χ4v) is 7.27. The second-order valence-corrected chi connectivity index (χ2v) is 17.0. The molecule has 0 aromatic carbocycles. The van der Waals surface area contributed by atoms with Gasteiger partial charge in [0, 0.05) is 13.0 Å². The zero-order valence-corrected chi connectivity index (χ0v) is 36.7. The number of esters is 1. The van der Waals surface area contributed by atoms with Gasteiger partial charge in [-0.3, -0.25) is 4.79 Å². The van der Waals surface area contributed by atoms with E-state index in [2.05, 4.69) is 27.7 Å². The number of aliphatic hydroxyl groups excluding tert-OH is 1. The van der Waals surface area contributed by atoms with Gasteiger partial charge in [0.05, 0.1) is 6.61 Å². The Hall–Kier alpha value is -0.570. The third-order valence-corrected chi connectivity index (χ3v) is 10.9. The van der Waals surface area contributed by atoms with Crippen LogP contribution < -0.4 is 0 Å². The number of ether oxygens (including phenoxy) is 1. The first-order valence-electron chi connectivity index (χ1n) is 24.3. The van der Waals surface area contributed by atoms with Crippen LogP contribution in [0.2, 0.25) is 0 Å². The Bertz CT molecular complexity index is 602. The van der Waals surface area contributed by atoms with Gasteiger partial charge in [0.2, 0.25) is 0 Å². The van der Waals surface area contributed by atoms with E-state index in [-0.39, 0.29) is 5.97 Å². The van der Waals surface area contributed by atoms with Crippen molar-refractivity contribution in [1.82, 2.24) is 0 Å². The van der Waals surface area contributed by atoms with E-state index in [0.717, 1.165) is 25.2 Å². The number of aliphatic hydroxyl groups is 1. The van der Waals surface area contributed by atoms with Crippen molar-refractivity contribution >= 4 is 5.97 Å². The molecular weight excluding hydrogens is 637 g/mol. The zero-order valence-electron chi connectivity index (χ0n) is 36.7. The summed E-state index contributed by atoms with van der Waals surface area (Å²) in [6.07, 6.45) is 55.0. The van der Waals surface area contributed by atoms with Crippen molar-refractivity contribution in [2.45, 2.75) is 291 Å². The first kappa shape index (κ1) is 53.5. The van der Waals surface area contributed by atoms with Crippen molar-refractivity contribution in [2.24, 2.45) is 5.92 Å². The SMILES string of the molecule is CCCCCCCCCCCCCCCCCC(=O)OCCCCCCCCCCC(C)C.CCCCCCCCCCCCCCCCCCO. The lowest BCUT2D eigenvalue weighted by atomic mass is 10.0. The molecule has 0 saturated heterocycles. The maximum atomic E-state index is 11.8. The summed E-state index contributed by atoms with van der Waals surface area (Å²) in [4.78, 5) is 11.8. The van der Waals surface area contributed by atoms with Crippen LogP contribution >= 0.6 is 0 Å². The normalized spacial score (nSPS) is 11.3. The predicted octanol–water partition coefficient (Wildman–Crippen LogP) is 17.2. The molecular formula is C49H100O3. The minimum Gasteiger partial charge on any atom is -0.466 e. The minimum atomic E-state index is 0.0230. The van der Waals surface area contributed by atoms with Gasteiger partial charge in [-0.25, -0.2) is 0 Å². The van der Waals surface area contributed by atoms with Crippen LogP contribution in [0.4, 0.5) is 0 Å². The summed E-state index contributed by atoms with van der Waals surface area (Å²) in [6, 6.07) is 0. The Morgan fingerprint density at radius 2 is 0.654 bits per heavy atom. The van der Waals surface area contributed by atoms with Crippen LogP contribution in [0.3, 0.4) is 0 Å². The molecule has 0 unspecified atom stereocenters. The maximum Gasteiger partial charge on any atom is 0.305 e. The van der Waals surface area contributed by atoms with Gasteiger partial charge >= 0.3 is 5.97 Å². The van der Waals surface area contributed by atoms with Crippen LogP contribution in [0.25, 0.3) is 0 Å². The van der Waals surface area contributed by atoms with E-state index in [9.17, 15) is 4.79 Å². The Labute approximate surface area is 329 Å². The molecule has 0 aliphatic carbocycles. The molecule has 0 spiro atoms. The van der Waals surface area contributed by atoms with Gasteiger partial charge in [0.25, 0.3) is 0 Å². The van der Waals surface area contributed by atoms with Crippen molar-refractivity contribution < 1.29 is 14.6 Å². The molecule has 0 aliphatic heterocycles. The highest BCUT2D eigenvalue weighted by molar-refractivity contribution is 5.69. The summed E-state index contributed by atoms with van der Waals surface area (Å²) in [7, 11) is 0. The molecule has 314 valence electrons. The summed E-state index contributed by atoms with van der Waals surface area (Å²) in [5.41, 5.74) is 0. The average Bonchev–Trinajstić information content (AvgIpc) is 3.14. The quantitative estimate of drug-likeness (QED) is 0.0501. The van der Waals surface area contributed by atoms with Crippen molar-refractivity contribution in [2.75, 3.05) is 13.2 Å². The van der Waals surface area contributed by atoms with E-state index in [1.165, 1.54) is 238 Å². The summed E-state index contributed by atoms with van der Waals surface area (Å²) < 4.78 is 5.40. The molecule has 0 rings (SSSR count). The van der Waals surface area contributed by atoms with Gasteiger partial charge in [-0.15, -0.1) is 0 Å². The molecule has 52 heavy (non-hydrogen) atoms. The van der Waals surface area contributed by atoms with E-state index in [1.807, 2.05) is 0 Å². The largest absolute Gasteiger partial charge is 0.466 e. The average molecular weight is 737 g/mol. The molecule has 0 saturated carbocycles. The monoisotopic (exact) mass is 737 g/mol. The highest BCUT2D eigenvalue weighted by atomic mass is 16.5. The second-order valence-electron chi connectivity index (χ2n) is 17.0. The van der Waals surface area contributed by atoms with Gasteiger partial charge in [-0.2, -0.15) is 0 Å². The first-order chi connectivity index (χ1) is 25.6. The van der Waals surface area contributed by atoms with Crippen LogP contribution in [-0.2, 0) is 9.53 Å². The van der Waals surface area contributed by atoms with Crippen molar-refractivity contribution in [3.63, 3.8) is 0 Å². The molecule has 0 heterocycles. The Morgan fingerprint density at radius 3 is 0.962 bits per heavy atom. The van der Waals surface area contributed by atoms with Crippen LogP contribution in [0, 0.1) is 5.92 Å². The second kappa shape index (κ2) is 50.4. The van der Waals surface area contributed by atoms with Crippen LogP contribution in [-0.4, -0.2) is 24.3 Å². The van der Waals surface area contributed by atoms with E-state index < -0.39 is 0 Å². The van der Waals surface area contributed by atoms with Gasteiger partial charge in [-0.1, -0.05) is 265 Å². The lowest BCUT2D eigenvalue weighted by molar-refractivity contribution is -0.143. The standard InChI is InChI=1S/C31H62O2.C18H38O/c1-4-5-6-7-8-9-10-11-12-13-14-15-19-22-25-28-31(32)33-29-26-23-20-17-16-18-21-24-27-30(2)3;1-2-3-4-5-6-7-8-9-10-11-12-13-14-15-16-17-18-19/h30H,4-29H2,1-3H3;19H,2-18H2,1H3. The van der Waals surface area contributed by atoms with E-state index >= 15 is 0 Å². The Kier molecular flexibility index (Phi) is 51.9. The van der Waals surface area contributed by atoms with Crippen molar-refractivity contribution in [3.8, 4) is 0 Å². The molecule has 3 heteroatoms. The Balaban J connectivity index is 0. The van der Waals surface area contributed by atoms with Crippen molar-refractivity contribution in [3.05, 3.63) is 0 Å². The first-order valence-corrected chi connectivity index (χ1v) is 24.3. The molecule has 0 fully saturated rings. The highest BCUT2D eigenvalue weighted by Gasteiger charge is 2.03. The number of rotatable bonds is 43. The van der Waals surface area contributed by atoms with Crippen molar-refractivity contribution in [1.29, 1.82) is 0 Å². The molecule has 3 nitrogen and oxygen atoms in total. The Morgan fingerprint density at radius 1 is 0.385 bits per heavy atom. The third-order valence-electron chi connectivity index (χ3n) is 10.9. The fourth-order valence-electron chi connectivity index (χ4n) is 7.27. The van der Waals surface area contributed by atoms with Crippen LogP contribution in [0.5, 0.6) is 0 Å². The van der Waals surface area contributed by atoms with Crippen LogP contribution in [0.1, 0.15) is 291 Å². The number of carbonyl (C=O) groups excluding carboxylic acids is 1. The summed E-state index contributed by atoms with van der Waals surface area (Å²) in [5, 5.41) is 8.67. The summed E-state index contributed by atoms with van der Waals surface area (Å²) in [5.74, 6) is 0.877. The minimum absolute atomic E-state index is 0.0230. The zero-order chi connectivity index (χ0) is 38.3. The summed E-state index contributed by atoms with van der Waals surface area (Å²) in [6.45, 7) is 10.2. The molecule has 0 aromatic rings. The topological polar surface area (TPSA) is 46.5 Å².